The van der Waals surface area contributed by atoms with Gasteiger partial charge in [0.15, 0.2) is 0 Å². The van der Waals surface area contributed by atoms with Crippen molar-refractivity contribution in [1.29, 1.82) is 0 Å². The van der Waals surface area contributed by atoms with Crippen LogP contribution in [-0.2, 0) is 0 Å². The predicted octanol–water partition coefficient (Wildman–Crippen LogP) is 2.94. The van der Waals surface area contributed by atoms with E-state index in [0.717, 1.165) is 6.54 Å². The first-order valence-electron chi connectivity index (χ1n) is 6.13. The van der Waals surface area contributed by atoms with Crippen molar-refractivity contribution in [2.45, 2.75) is 25.7 Å². The Morgan fingerprint density at radius 1 is 1.31 bits per heavy atom. The standard InChI is InChI=1S/C14H18N2/c1-10-8-16-13-6-2-5-12(14(10)13)11-4-3-7-15-9-11/h2,5-6,8,11,15-16H,3-4,7,9H2,1H3. The molecule has 1 aromatic carbocycles. The van der Waals surface area contributed by atoms with Gasteiger partial charge in [0.2, 0.25) is 0 Å². The Bertz CT molecular complexity index is 492. The third kappa shape index (κ3) is 1.54. The monoisotopic (exact) mass is 214 g/mol. The van der Waals surface area contributed by atoms with Gasteiger partial charge in [-0.3, -0.25) is 0 Å². The molecule has 0 aliphatic carbocycles. The van der Waals surface area contributed by atoms with Gasteiger partial charge in [-0.1, -0.05) is 12.1 Å². The zero-order chi connectivity index (χ0) is 11.0. The van der Waals surface area contributed by atoms with E-state index in [1.807, 2.05) is 0 Å². The highest BCUT2D eigenvalue weighted by Crippen LogP contribution is 2.31. The predicted molar refractivity (Wildman–Crippen MR) is 67.9 cm³/mol. The molecule has 16 heavy (non-hydrogen) atoms. The second kappa shape index (κ2) is 3.95. The van der Waals surface area contributed by atoms with E-state index in [9.17, 15) is 0 Å². The van der Waals surface area contributed by atoms with E-state index in [1.54, 1.807) is 0 Å². The number of aromatic nitrogens is 1. The minimum absolute atomic E-state index is 0.687. The van der Waals surface area contributed by atoms with Gasteiger partial charge in [-0.2, -0.15) is 0 Å². The van der Waals surface area contributed by atoms with Crippen LogP contribution in [0.25, 0.3) is 10.9 Å². The summed E-state index contributed by atoms with van der Waals surface area (Å²) >= 11 is 0. The van der Waals surface area contributed by atoms with Gasteiger partial charge in [0.1, 0.15) is 0 Å². The third-order valence-corrected chi connectivity index (χ3v) is 3.67. The highest BCUT2D eigenvalue weighted by Gasteiger charge is 2.18. The molecule has 1 fully saturated rings. The van der Waals surface area contributed by atoms with Crippen LogP contribution in [0.2, 0.25) is 0 Å². The summed E-state index contributed by atoms with van der Waals surface area (Å²) in [4.78, 5) is 3.35. The van der Waals surface area contributed by atoms with Gasteiger partial charge in [0.05, 0.1) is 0 Å². The van der Waals surface area contributed by atoms with Crippen molar-refractivity contribution in [3.63, 3.8) is 0 Å². The quantitative estimate of drug-likeness (QED) is 0.750. The second-order valence-corrected chi connectivity index (χ2v) is 4.78. The Morgan fingerprint density at radius 2 is 2.25 bits per heavy atom. The van der Waals surface area contributed by atoms with E-state index < -0.39 is 0 Å². The number of rotatable bonds is 1. The molecule has 84 valence electrons. The number of nitrogens with one attached hydrogen (secondary N) is 2. The van der Waals surface area contributed by atoms with Crippen molar-refractivity contribution >= 4 is 10.9 Å². The van der Waals surface area contributed by atoms with Crippen LogP contribution in [0, 0.1) is 6.92 Å². The van der Waals surface area contributed by atoms with Crippen molar-refractivity contribution in [3.05, 3.63) is 35.5 Å². The Balaban J connectivity index is 2.10. The number of aromatic amines is 1. The molecule has 3 rings (SSSR count). The number of aryl methyl sites for hydroxylation is 1. The van der Waals surface area contributed by atoms with Gasteiger partial charge >= 0.3 is 0 Å². The van der Waals surface area contributed by atoms with Crippen LogP contribution in [0.1, 0.15) is 29.9 Å². The molecule has 1 aromatic heterocycles. The third-order valence-electron chi connectivity index (χ3n) is 3.67. The van der Waals surface area contributed by atoms with Crippen molar-refractivity contribution < 1.29 is 0 Å². The summed E-state index contributed by atoms with van der Waals surface area (Å²) in [6.45, 7) is 4.50. The molecular formula is C14H18N2. The van der Waals surface area contributed by atoms with Gasteiger partial charge in [0.25, 0.3) is 0 Å². The van der Waals surface area contributed by atoms with Crippen LogP contribution in [0.3, 0.4) is 0 Å². The van der Waals surface area contributed by atoms with Crippen LogP contribution < -0.4 is 5.32 Å². The lowest BCUT2D eigenvalue weighted by Gasteiger charge is -2.24. The highest BCUT2D eigenvalue weighted by molar-refractivity contribution is 5.86. The summed E-state index contributed by atoms with van der Waals surface area (Å²) in [5.74, 6) is 0.687. The summed E-state index contributed by atoms with van der Waals surface area (Å²) in [7, 11) is 0. The molecular weight excluding hydrogens is 196 g/mol. The second-order valence-electron chi connectivity index (χ2n) is 4.78. The topological polar surface area (TPSA) is 27.8 Å². The lowest BCUT2D eigenvalue weighted by atomic mass is 9.88. The minimum atomic E-state index is 0.687. The maximum absolute atomic E-state index is 3.50. The number of hydrogen-bond donors (Lipinski definition) is 2. The fourth-order valence-corrected chi connectivity index (χ4v) is 2.85. The van der Waals surface area contributed by atoms with E-state index >= 15 is 0 Å². The molecule has 1 atom stereocenters. The molecule has 1 unspecified atom stereocenters. The maximum Gasteiger partial charge on any atom is 0.0459 e. The molecule has 0 bridgehead atoms. The summed E-state index contributed by atoms with van der Waals surface area (Å²) in [5.41, 5.74) is 4.17. The largest absolute Gasteiger partial charge is 0.361 e. The zero-order valence-electron chi connectivity index (χ0n) is 9.72. The van der Waals surface area contributed by atoms with Gasteiger partial charge in [-0.15, -0.1) is 0 Å². The number of benzene rings is 1. The van der Waals surface area contributed by atoms with E-state index in [1.165, 1.54) is 41.4 Å². The molecule has 0 radical (unpaired) electrons. The molecule has 1 aliphatic rings. The molecule has 2 aromatic rings. The fraction of sp³-hybridized carbons (Fsp3) is 0.429. The molecule has 1 saturated heterocycles. The minimum Gasteiger partial charge on any atom is -0.361 e. The summed E-state index contributed by atoms with van der Waals surface area (Å²) < 4.78 is 0. The summed E-state index contributed by atoms with van der Waals surface area (Å²) in [5, 5.41) is 4.94. The van der Waals surface area contributed by atoms with Gasteiger partial charge in [0, 0.05) is 23.6 Å². The fourth-order valence-electron chi connectivity index (χ4n) is 2.85. The molecule has 1 aliphatic heterocycles. The Hall–Kier alpha value is -1.28. The van der Waals surface area contributed by atoms with Gasteiger partial charge in [-0.25, -0.2) is 0 Å². The first kappa shape index (κ1) is 9.91. The van der Waals surface area contributed by atoms with E-state index in [-0.39, 0.29) is 0 Å². The normalized spacial score (nSPS) is 21.4. The molecule has 2 nitrogen and oxygen atoms in total. The van der Waals surface area contributed by atoms with Crippen molar-refractivity contribution in [3.8, 4) is 0 Å². The number of hydrogen-bond acceptors (Lipinski definition) is 1. The Morgan fingerprint density at radius 3 is 3.06 bits per heavy atom. The SMILES string of the molecule is Cc1c[nH]c2cccc(C3CCCNC3)c12. The van der Waals surface area contributed by atoms with E-state index in [2.05, 4.69) is 41.6 Å². The van der Waals surface area contributed by atoms with Gasteiger partial charge in [-0.05, 0) is 49.4 Å². The molecule has 0 spiro atoms. The molecule has 0 amide bonds. The smallest absolute Gasteiger partial charge is 0.0459 e. The first-order chi connectivity index (χ1) is 7.86. The van der Waals surface area contributed by atoms with Crippen LogP contribution in [0.4, 0.5) is 0 Å². The Labute approximate surface area is 96.1 Å². The van der Waals surface area contributed by atoms with Crippen LogP contribution >= 0.6 is 0 Å². The van der Waals surface area contributed by atoms with Crippen LogP contribution in [0.5, 0.6) is 0 Å². The van der Waals surface area contributed by atoms with E-state index in [4.69, 9.17) is 0 Å². The van der Waals surface area contributed by atoms with Crippen molar-refractivity contribution in [2.75, 3.05) is 13.1 Å². The first-order valence-corrected chi connectivity index (χ1v) is 6.13. The molecule has 2 N–H and O–H groups in total. The van der Waals surface area contributed by atoms with E-state index in [0.29, 0.717) is 5.92 Å². The summed E-state index contributed by atoms with van der Waals surface area (Å²) in [6.07, 6.45) is 4.73. The summed E-state index contributed by atoms with van der Waals surface area (Å²) in [6, 6.07) is 6.63. The average molecular weight is 214 g/mol. The molecule has 2 heterocycles. The van der Waals surface area contributed by atoms with Crippen LogP contribution in [0.15, 0.2) is 24.4 Å². The van der Waals surface area contributed by atoms with Crippen molar-refractivity contribution in [2.24, 2.45) is 0 Å². The zero-order valence-corrected chi connectivity index (χ0v) is 9.72. The van der Waals surface area contributed by atoms with Crippen molar-refractivity contribution in [1.82, 2.24) is 10.3 Å². The highest BCUT2D eigenvalue weighted by atomic mass is 14.9. The number of fused-ring (bicyclic) bond motifs is 1. The van der Waals surface area contributed by atoms with Crippen LogP contribution in [-0.4, -0.2) is 18.1 Å². The van der Waals surface area contributed by atoms with Gasteiger partial charge < -0.3 is 10.3 Å². The Kier molecular flexibility index (Phi) is 2.44. The average Bonchev–Trinajstić information content (AvgIpc) is 2.73. The number of H-pyrrole nitrogens is 1. The number of piperidine rings is 1. The molecule has 0 saturated carbocycles. The lowest BCUT2D eigenvalue weighted by molar-refractivity contribution is 0.463. The maximum atomic E-state index is 3.50. The lowest BCUT2D eigenvalue weighted by Crippen LogP contribution is -2.28. The molecule has 2 heteroatoms.